The molecule has 1 aromatic carbocycles. The Hall–Kier alpha value is -2.67. The summed E-state index contributed by atoms with van der Waals surface area (Å²) in [6.07, 6.45) is 4.73. The number of aryl methyl sites for hydroxylation is 1. The number of amides is 2. The van der Waals surface area contributed by atoms with Crippen LogP contribution in [0.4, 0.5) is 15.6 Å². The summed E-state index contributed by atoms with van der Waals surface area (Å²) >= 11 is 1.42. The minimum atomic E-state index is -0.322. The number of rotatable bonds is 3. The van der Waals surface area contributed by atoms with Crippen LogP contribution in [0, 0.1) is 6.92 Å². The molecule has 2 aromatic heterocycles. The van der Waals surface area contributed by atoms with Crippen molar-refractivity contribution in [2.75, 3.05) is 10.6 Å². The Balaban J connectivity index is 1.63. The molecule has 0 aliphatic heterocycles. The Bertz CT molecular complexity index is 735. The number of thiazole rings is 1. The van der Waals surface area contributed by atoms with E-state index in [2.05, 4.69) is 20.6 Å². The number of nitrogens with one attached hydrogen (secondary N) is 2. The lowest BCUT2D eigenvalue weighted by atomic mass is 10.2. The molecule has 2 N–H and O–H groups in total. The predicted molar refractivity (Wildman–Crippen MR) is 81.4 cm³/mol. The molecule has 0 aliphatic carbocycles. The molecular formula is C14H12N4O2S. The Morgan fingerprint density at radius 1 is 1.19 bits per heavy atom. The molecule has 7 heteroatoms. The van der Waals surface area contributed by atoms with Gasteiger partial charge in [-0.15, -0.1) is 11.3 Å². The molecule has 106 valence electrons. The molecule has 0 unspecified atom stereocenters. The average Bonchev–Trinajstić information content (AvgIpc) is 3.11. The molecule has 21 heavy (non-hydrogen) atoms. The van der Waals surface area contributed by atoms with Crippen LogP contribution in [0.15, 0.2) is 47.5 Å². The molecule has 0 saturated carbocycles. The molecule has 6 nitrogen and oxygen atoms in total. The average molecular weight is 300 g/mol. The van der Waals surface area contributed by atoms with Gasteiger partial charge < -0.3 is 9.73 Å². The van der Waals surface area contributed by atoms with E-state index in [9.17, 15) is 4.79 Å². The van der Waals surface area contributed by atoms with E-state index in [4.69, 9.17) is 4.42 Å². The zero-order valence-corrected chi connectivity index (χ0v) is 12.0. The molecular weight excluding hydrogens is 288 g/mol. The van der Waals surface area contributed by atoms with E-state index >= 15 is 0 Å². The van der Waals surface area contributed by atoms with Gasteiger partial charge >= 0.3 is 6.03 Å². The largest absolute Gasteiger partial charge is 0.444 e. The van der Waals surface area contributed by atoms with Crippen LogP contribution in [-0.2, 0) is 0 Å². The van der Waals surface area contributed by atoms with Crippen LogP contribution in [0.2, 0.25) is 0 Å². The van der Waals surface area contributed by atoms with Crippen LogP contribution in [0.25, 0.3) is 11.3 Å². The SMILES string of the molecule is Cc1cnc(NC(=O)Nc2ccc(-c3cnco3)cc2)s1. The fourth-order valence-corrected chi connectivity index (χ4v) is 2.41. The van der Waals surface area contributed by atoms with Crippen LogP contribution in [0.5, 0.6) is 0 Å². The summed E-state index contributed by atoms with van der Waals surface area (Å²) in [7, 11) is 0. The number of nitrogens with zero attached hydrogens (tertiary/aromatic N) is 2. The number of urea groups is 1. The molecule has 0 spiro atoms. The van der Waals surface area contributed by atoms with Crippen LogP contribution in [-0.4, -0.2) is 16.0 Å². The van der Waals surface area contributed by atoms with E-state index in [1.165, 1.54) is 17.7 Å². The van der Waals surface area contributed by atoms with Crippen molar-refractivity contribution in [3.63, 3.8) is 0 Å². The summed E-state index contributed by atoms with van der Waals surface area (Å²) in [6, 6.07) is 6.97. The maximum Gasteiger partial charge on any atom is 0.325 e. The van der Waals surface area contributed by atoms with Gasteiger partial charge in [-0.1, -0.05) is 0 Å². The van der Waals surface area contributed by atoms with Crippen molar-refractivity contribution < 1.29 is 9.21 Å². The number of carbonyl (C=O) groups is 1. The summed E-state index contributed by atoms with van der Waals surface area (Å²) < 4.78 is 5.20. The van der Waals surface area contributed by atoms with E-state index in [-0.39, 0.29) is 6.03 Å². The van der Waals surface area contributed by atoms with Gasteiger partial charge in [0.05, 0.1) is 6.20 Å². The van der Waals surface area contributed by atoms with E-state index in [0.717, 1.165) is 10.4 Å². The Labute approximate surface area is 124 Å². The highest BCUT2D eigenvalue weighted by molar-refractivity contribution is 7.15. The summed E-state index contributed by atoms with van der Waals surface area (Å²) in [6.45, 7) is 1.93. The van der Waals surface area contributed by atoms with Gasteiger partial charge in [0.1, 0.15) is 0 Å². The zero-order valence-electron chi connectivity index (χ0n) is 11.2. The first-order valence-electron chi connectivity index (χ1n) is 6.20. The normalized spacial score (nSPS) is 10.3. The third-order valence-corrected chi connectivity index (χ3v) is 3.53. The maximum atomic E-state index is 11.8. The molecule has 3 aromatic rings. The van der Waals surface area contributed by atoms with Gasteiger partial charge in [0.25, 0.3) is 0 Å². The quantitative estimate of drug-likeness (QED) is 0.772. The highest BCUT2D eigenvalue weighted by atomic mass is 32.1. The predicted octanol–water partition coefficient (Wildman–Crippen LogP) is 3.75. The second-order valence-corrected chi connectivity index (χ2v) is 5.53. The standard InChI is InChI=1S/C14H12N4O2S/c1-9-6-16-14(21-9)18-13(19)17-11-4-2-10(3-5-11)12-7-15-8-20-12/h2-8H,1H3,(H2,16,17,18,19). The first-order chi connectivity index (χ1) is 10.2. The summed E-state index contributed by atoms with van der Waals surface area (Å²) in [5.74, 6) is 0.685. The molecule has 0 radical (unpaired) electrons. The smallest absolute Gasteiger partial charge is 0.325 e. The first-order valence-corrected chi connectivity index (χ1v) is 7.02. The van der Waals surface area contributed by atoms with Crippen molar-refractivity contribution in [1.29, 1.82) is 0 Å². The lowest BCUT2D eigenvalue weighted by Crippen LogP contribution is -2.19. The molecule has 0 saturated heterocycles. The van der Waals surface area contributed by atoms with Gasteiger partial charge in [-0.3, -0.25) is 5.32 Å². The first kappa shape index (κ1) is 13.3. The van der Waals surface area contributed by atoms with Crippen LogP contribution < -0.4 is 10.6 Å². The molecule has 0 atom stereocenters. The van der Waals surface area contributed by atoms with Gasteiger partial charge in [-0.25, -0.2) is 14.8 Å². The minimum absolute atomic E-state index is 0.322. The number of aromatic nitrogens is 2. The third kappa shape index (κ3) is 3.26. The number of carbonyl (C=O) groups excluding carboxylic acids is 1. The summed E-state index contributed by atoms with van der Waals surface area (Å²) in [5.41, 5.74) is 1.58. The van der Waals surface area contributed by atoms with Gasteiger partial charge in [-0.2, -0.15) is 0 Å². The van der Waals surface area contributed by atoms with Crippen molar-refractivity contribution >= 4 is 28.2 Å². The number of oxazole rings is 1. The molecule has 3 rings (SSSR count). The minimum Gasteiger partial charge on any atom is -0.444 e. The van der Waals surface area contributed by atoms with Crippen LogP contribution in [0.3, 0.4) is 0 Å². The second-order valence-electron chi connectivity index (χ2n) is 4.30. The van der Waals surface area contributed by atoms with E-state index in [1.54, 1.807) is 24.5 Å². The van der Waals surface area contributed by atoms with E-state index in [1.807, 2.05) is 19.1 Å². The molecule has 2 heterocycles. The summed E-state index contributed by atoms with van der Waals surface area (Å²) in [4.78, 5) is 20.8. The number of benzene rings is 1. The Kier molecular flexibility index (Phi) is 3.65. The van der Waals surface area contributed by atoms with Crippen molar-refractivity contribution in [3.8, 4) is 11.3 Å². The van der Waals surface area contributed by atoms with Crippen molar-refractivity contribution in [2.45, 2.75) is 6.92 Å². The number of anilines is 2. The van der Waals surface area contributed by atoms with Gasteiger partial charge in [0.2, 0.25) is 0 Å². The second kappa shape index (κ2) is 5.76. The monoisotopic (exact) mass is 300 g/mol. The number of hydrogen-bond donors (Lipinski definition) is 2. The highest BCUT2D eigenvalue weighted by Crippen LogP contribution is 2.21. The highest BCUT2D eigenvalue weighted by Gasteiger charge is 2.06. The van der Waals surface area contributed by atoms with Crippen molar-refractivity contribution in [2.24, 2.45) is 0 Å². The van der Waals surface area contributed by atoms with Crippen molar-refractivity contribution in [3.05, 3.63) is 47.9 Å². The third-order valence-electron chi connectivity index (χ3n) is 2.70. The van der Waals surface area contributed by atoms with Gasteiger partial charge in [0.15, 0.2) is 17.3 Å². The van der Waals surface area contributed by atoms with Gasteiger partial charge in [0, 0.05) is 22.3 Å². The molecule has 2 amide bonds. The topological polar surface area (TPSA) is 80.0 Å². The Morgan fingerprint density at radius 2 is 2.00 bits per heavy atom. The molecule has 0 fully saturated rings. The van der Waals surface area contributed by atoms with E-state index in [0.29, 0.717) is 16.6 Å². The van der Waals surface area contributed by atoms with Crippen molar-refractivity contribution in [1.82, 2.24) is 9.97 Å². The summed E-state index contributed by atoms with van der Waals surface area (Å²) in [5, 5.41) is 6.00. The van der Waals surface area contributed by atoms with Crippen LogP contribution >= 0.6 is 11.3 Å². The zero-order chi connectivity index (χ0) is 14.7. The molecule has 0 aliphatic rings. The number of hydrogen-bond acceptors (Lipinski definition) is 5. The fourth-order valence-electron chi connectivity index (χ4n) is 1.75. The lowest BCUT2D eigenvalue weighted by Gasteiger charge is -2.05. The van der Waals surface area contributed by atoms with E-state index < -0.39 is 0 Å². The molecule has 0 bridgehead atoms. The van der Waals surface area contributed by atoms with Gasteiger partial charge in [-0.05, 0) is 31.2 Å². The fraction of sp³-hybridized carbons (Fsp3) is 0.0714. The lowest BCUT2D eigenvalue weighted by molar-refractivity contribution is 0.262. The Morgan fingerprint density at radius 3 is 2.62 bits per heavy atom. The maximum absolute atomic E-state index is 11.8. The van der Waals surface area contributed by atoms with Crippen LogP contribution in [0.1, 0.15) is 4.88 Å².